The number of ether oxygens (including phenoxy) is 1. The van der Waals surface area contributed by atoms with Gasteiger partial charge in [-0.1, -0.05) is 38.1 Å². The van der Waals surface area contributed by atoms with E-state index in [1.807, 2.05) is 17.1 Å². The summed E-state index contributed by atoms with van der Waals surface area (Å²) in [5.74, 6) is -0.971. The standard InChI is InChI=1S/C19H25N3O4/c1-18(2,3)10-22-11-19-7-5-13(26-19)14(15(19)17(22)24)16(23)21(4)9-12-6-8-25-20-12/h5-8,13-15H,9-11H2,1-4H3/t13-,14-,15-,19-/m0/s1. The second-order valence-electron chi connectivity index (χ2n) is 8.84. The Hall–Kier alpha value is -2.15. The van der Waals surface area contributed by atoms with Crippen molar-refractivity contribution in [1.29, 1.82) is 0 Å². The summed E-state index contributed by atoms with van der Waals surface area (Å²) in [5, 5.41) is 3.86. The van der Waals surface area contributed by atoms with E-state index in [4.69, 9.17) is 9.26 Å². The number of fused-ring (bicyclic) bond motifs is 1. The number of hydrogen-bond acceptors (Lipinski definition) is 5. The summed E-state index contributed by atoms with van der Waals surface area (Å²) in [4.78, 5) is 29.7. The fourth-order valence-corrected chi connectivity index (χ4v) is 4.46. The summed E-state index contributed by atoms with van der Waals surface area (Å²) in [7, 11) is 1.73. The molecule has 0 aromatic carbocycles. The van der Waals surface area contributed by atoms with Crippen LogP contribution in [0.2, 0.25) is 0 Å². The van der Waals surface area contributed by atoms with Gasteiger partial charge in [-0.3, -0.25) is 9.59 Å². The normalized spacial score (nSPS) is 32.4. The molecule has 0 radical (unpaired) electrons. The minimum absolute atomic E-state index is 0.00406. The summed E-state index contributed by atoms with van der Waals surface area (Å²) in [6.45, 7) is 7.85. The average Bonchev–Trinajstić information content (AvgIpc) is 3.29. The lowest BCUT2D eigenvalue weighted by molar-refractivity contribution is -0.143. The highest BCUT2D eigenvalue weighted by molar-refractivity contribution is 5.93. The molecule has 26 heavy (non-hydrogen) atoms. The Balaban J connectivity index is 1.56. The van der Waals surface area contributed by atoms with E-state index in [-0.39, 0.29) is 23.3 Å². The van der Waals surface area contributed by atoms with Crippen LogP contribution >= 0.6 is 0 Å². The molecule has 4 atom stereocenters. The van der Waals surface area contributed by atoms with Gasteiger partial charge >= 0.3 is 0 Å². The number of aromatic nitrogens is 1. The monoisotopic (exact) mass is 359 g/mol. The molecule has 4 rings (SSSR count). The van der Waals surface area contributed by atoms with Crippen molar-refractivity contribution in [3.8, 4) is 0 Å². The molecule has 140 valence electrons. The van der Waals surface area contributed by atoms with Crippen LogP contribution in [-0.2, 0) is 20.9 Å². The molecule has 2 fully saturated rings. The van der Waals surface area contributed by atoms with Crippen molar-refractivity contribution in [2.75, 3.05) is 20.1 Å². The zero-order valence-corrected chi connectivity index (χ0v) is 15.6. The number of carbonyl (C=O) groups is 2. The quantitative estimate of drug-likeness (QED) is 0.761. The first-order valence-electron chi connectivity index (χ1n) is 9.00. The third-order valence-corrected chi connectivity index (χ3v) is 5.40. The molecule has 1 spiro atoms. The maximum atomic E-state index is 13.1. The van der Waals surface area contributed by atoms with E-state index in [1.165, 1.54) is 6.26 Å². The van der Waals surface area contributed by atoms with Gasteiger partial charge in [0.25, 0.3) is 0 Å². The van der Waals surface area contributed by atoms with Gasteiger partial charge in [-0.15, -0.1) is 0 Å². The molecule has 1 aromatic rings. The van der Waals surface area contributed by atoms with Crippen molar-refractivity contribution in [1.82, 2.24) is 15.0 Å². The van der Waals surface area contributed by atoms with Crippen LogP contribution in [0.5, 0.6) is 0 Å². The molecule has 1 aromatic heterocycles. The summed E-state index contributed by atoms with van der Waals surface area (Å²) < 4.78 is 11.0. The molecule has 3 aliphatic heterocycles. The van der Waals surface area contributed by atoms with Gasteiger partial charge in [0.05, 0.1) is 31.0 Å². The van der Waals surface area contributed by atoms with Crippen LogP contribution in [0.1, 0.15) is 26.5 Å². The number of hydrogen-bond donors (Lipinski definition) is 0. The van der Waals surface area contributed by atoms with E-state index in [0.29, 0.717) is 25.3 Å². The first-order valence-corrected chi connectivity index (χ1v) is 9.00. The topological polar surface area (TPSA) is 75.9 Å². The fraction of sp³-hybridized carbons (Fsp3) is 0.632. The van der Waals surface area contributed by atoms with Gasteiger partial charge in [-0.05, 0) is 5.41 Å². The molecule has 2 bridgehead atoms. The molecule has 4 heterocycles. The van der Waals surface area contributed by atoms with E-state index in [0.717, 1.165) is 0 Å². The second kappa shape index (κ2) is 5.67. The van der Waals surface area contributed by atoms with Gasteiger partial charge in [0.15, 0.2) is 0 Å². The number of rotatable bonds is 4. The fourth-order valence-electron chi connectivity index (χ4n) is 4.46. The Kier molecular flexibility index (Phi) is 3.77. The molecule has 7 nitrogen and oxygen atoms in total. The van der Waals surface area contributed by atoms with E-state index < -0.39 is 17.4 Å². The van der Waals surface area contributed by atoms with Gasteiger partial charge in [-0.25, -0.2) is 0 Å². The number of likely N-dealkylation sites (tertiary alicyclic amines) is 1. The third kappa shape index (κ3) is 2.65. The molecular formula is C19H25N3O4. The number of nitrogens with zero attached hydrogens (tertiary/aromatic N) is 3. The van der Waals surface area contributed by atoms with Crippen LogP contribution in [0.4, 0.5) is 0 Å². The Morgan fingerprint density at radius 2 is 2.23 bits per heavy atom. The van der Waals surface area contributed by atoms with Crippen LogP contribution in [0.25, 0.3) is 0 Å². The second-order valence-corrected chi connectivity index (χ2v) is 8.84. The van der Waals surface area contributed by atoms with Crippen molar-refractivity contribution in [3.05, 3.63) is 30.2 Å². The van der Waals surface area contributed by atoms with Crippen LogP contribution in [0.3, 0.4) is 0 Å². The van der Waals surface area contributed by atoms with Crippen molar-refractivity contribution < 1.29 is 18.8 Å². The highest BCUT2D eigenvalue weighted by atomic mass is 16.5. The molecule has 0 saturated carbocycles. The molecule has 0 unspecified atom stereocenters. The van der Waals surface area contributed by atoms with Crippen LogP contribution in [-0.4, -0.2) is 58.6 Å². The predicted molar refractivity (Wildman–Crippen MR) is 92.7 cm³/mol. The Morgan fingerprint density at radius 1 is 1.46 bits per heavy atom. The van der Waals surface area contributed by atoms with Crippen molar-refractivity contribution in [2.45, 2.75) is 39.0 Å². The minimum atomic E-state index is -0.651. The van der Waals surface area contributed by atoms with E-state index in [9.17, 15) is 9.59 Å². The molecule has 2 saturated heterocycles. The number of carbonyl (C=O) groups excluding carboxylic acids is 2. The lowest BCUT2D eigenvalue weighted by Crippen LogP contribution is -2.45. The SMILES string of the molecule is CN(Cc1ccon1)C(=O)[C@H]1[C@@H]2C=C[C@@]3(CN(CC(C)(C)C)C(=O)[C@H]13)O2. The maximum absolute atomic E-state index is 13.1. The van der Waals surface area contributed by atoms with Crippen LogP contribution in [0, 0.1) is 17.3 Å². The van der Waals surface area contributed by atoms with E-state index in [2.05, 4.69) is 25.9 Å². The third-order valence-electron chi connectivity index (χ3n) is 5.40. The van der Waals surface area contributed by atoms with Gasteiger partial charge < -0.3 is 19.1 Å². The highest BCUT2D eigenvalue weighted by Gasteiger charge is 2.67. The molecule has 7 heteroatoms. The number of amides is 2. The molecule has 2 amide bonds. The van der Waals surface area contributed by atoms with Crippen LogP contribution in [0.15, 0.2) is 29.0 Å². The summed E-state index contributed by atoms with van der Waals surface area (Å²) >= 11 is 0. The first kappa shape index (κ1) is 17.3. The zero-order chi connectivity index (χ0) is 18.7. The van der Waals surface area contributed by atoms with E-state index >= 15 is 0 Å². The first-order chi connectivity index (χ1) is 12.2. The lowest BCUT2D eigenvalue weighted by Gasteiger charge is -2.29. The molecule has 3 aliphatic rings. The molecule has 0 N–H and O–H groups in total. The van der Waals surface area contributed by atoms with E-state index in [1.54, 1.807) is 18.0 Å². The average molecular weight is 359 g/mol. The summed E-state index contributed by atoms with van der Waals surface area (Å²) in [6.07, 6.45) is 5.09. The summed E-state index contributed by atoms with van der Waals surface area (Å²) in [6, 6.07) is 1.73. The zero-order valence-electron chi connectivity index (χ0n) is 15.6. The Morgan fingerprint density at radius 3 is 2.88 bits per heavy atom. The van der Waals surface area contributed by atoms with Gasteiger partial charge in [0, 0.05) is 19.7 Å². The molecular weight excluding hydrogens is 334 g/mol. The van der Waals surface area contributed by atoms with Gasteiger partial charge in [0.1, 0.15) is 17.6 Å². The predicted octanol–water partition coefficient (Wildman–Crippen LogP) is 1.46. The van der Waals surface area contributed by atoms with Crippen molar-refractivity contribution in [3.63, 3.8) is 0 Å². The largest absolute Gasteiger partial charge is 0.364 e. The van der Waals surface area contributed by atoms with Gasteiger partial charge in [-0.2, -0.15) is 0 Å². The Labute approximate surface area is 152 Å². The maximum Gasteiger partial charge on any atom is 0.230 e. The van der Waals surface area contributed by atoms with Crippen molar-refractivity contribution in [2.24, 2.45) is 17.3 Å². The van der Waals surface area contributed by atoms with Crippen LogP contribution < -0.4 is 0 Å². The smallest absolute Gasteiger partial charge is 0.230 e. The summed E-state index contributed by atoms with van der Waals surface area (Å²) in [5.41, 5.74) is 0.0279. The highest BCUT2D eigenvalue weighted by Crippen LogP contribution is 2.52. The molecule has 0 aliphatic carbocycles. The lowest BCUT2D eigenvalue weighted by atomic mass is 9.76. The minimum Gasteiger partial charge on any atom is -0.364 e. The Bertz CT molecular complexity index is 751. The van der Waals surface area contributed by atoms with Gasteiger partial charge in [0.2, 0.25) is 11.8 Å². The van der Waals surface area contributed by atoms with Crippen molar-refractivity contribution >= 4 is 11.8 Å².